The van der Waals surface area contributed by atoms with E-state index in [1.54, 1.807) is 18.7 Å². The lowest BCUT2D eigenvalue weighted by atomic mass is 10.6. The number of nitrogens with zero attached hydrogens (tertiary/aromatic N) is 4. The van der Waals surface area contributed by atoms with Crippen molar-refractivity contribution in [1.82, 2.24) is 25.4 Å². The third-order valence-electron chi connectivity index (χ3n) is 1.02. The summed E-state index contributed by atoms with van der Waals surface area (Å²) in [6, 6.07) is 1.44. The van der Waals surface area contributed by atoms with Crippen LogP contribution in [0.5, 0.6) is 0 Å². The normalized spacial score (nSPS) is 8.62. The summed E-state index contributed by atoms with van der Waals surface area (Å²) in [6.45, 7) is 0. The maximum absolute atomic E-state index is 5.16. The molecule has 0 spiro atoms. The van der Waals surface area contributed by atoms with Crippen LogP contribution in [-0.2, 0) is 0 Å². The van der Waals surface area contributed by atoms with Crippen LogP contribution in [0.25, 0.3) is 0 Å². The highest BCUT2D eigenvalue weighted by atomic mass is 15.3. The van der Waals surface area contributed by atoms with Gasteiger partial charge in [0.05, 0.1) is 6.33 Å². The second-order valence-corrected chi connectivity index (χ2v) is 2.04. The average molecular weight is 179 g/mol. The third-order valence-corrected chi connectivity index (χ3v) is 1.02. The van der Waals surface area contributed by atoms with Crippen molar-refractivity contribution in [2.75, 3.05) is 11.5 Å². The maximum Gasteiger partial charge on any atom is 0.151 e. The van der Waals surface area contributed by atoms with Crippen molar-refractivity contribution in [2.24, 2.45) is 0 Å². The van der Waals surface area contributed by atoms with Gasteiger partial charge < -0.3 is 16.5 Å². The van der Waals surface area contributed by atoms with Crippen molar-refractivity contribution in [3.63, 3.8) is 0 Å². The van der Waals surface area contributed by atoms with E-state index >= 15 is 0 Å². The van der Waals surface area contributed by atoms with E-state index in [2.05, 4.69) is 25.4 Å². The van der Waals surface area contributed by atoms with E-state index < -0.39 is 0 Å². The van der Waals surface area contributed by atoms with Gasteiger partial charge in [0.2, 0.25) is 0 Å². The quantitative estimate of drug-likeness (QED) is 0.499. The molecule has 0 aliphatic rings. The lowest BCUT2D eigenvalue weighted by Crippen LogP contribution is -1.98. The van der Waals surface area contributed by atoms with E-state index in [-0.39, 0.29) is 11.6 Å². The zero-order chi connectivity index (χ0) is 9.52. The topological polar surface area (TPSA) is 119 Å². The van der Waals surface area contributed by atoms with E-state index in [1.807, 2.05) is 0 Å². The van der Waals surface area contributed by atoms with Crippen molar-refractivity contribution in [2.45, 2.75) is 0 Å². The summed E-state index contributed by atoms with van der Waals surface area (Å²) in [6.07, 6.45) is 5.08. The number of imidazole rings is 1. The van der Waals surface area contributed by atoms with Gasteiger partial charge in [-0.15, -0.1) is 10.2 Å². The molecule has 0 saturated carbocycles. The minimum atomic E-state index is 0.289. The van der Waals surface area contributed by atoms with Crippen LogP contribution in [0.1, 0.15) is 0 Å². The Morgan fingerprint density at radius 3 is 2.08 bits per heavy atom. The van der Waals surface area contributed by atoms with Gasteiger partial charge in [0.15, 0.2) is 11.6 Å². The molecule has 0 saturated heterocycles. The minimum Gasteiger partial charge on any atom is -0.382 e. The van der Waals surface area contributed by atoms with Crippen LogP contribution in [0, 0.1) is 0 Å². The number of rotatable bonds is 0. The van der Waals surface area contributed by atoms with Gasteiger partial charge in [-0.2, -0.15) is 0 Å². The van der Waals surface area contributed by atoms with E-state index in [1.165, 1.54) is 6.07 Å². The number of H-pyrrole nitrogens is 1. The number of nitrogen functional groups attached to an aromatic ring is 2. The first-order valence-electron chi connectivity index (χ1n) is 3.43. The number of hydrogen-bond acceptors (Lipinski definition) is 6. The molecule has 2 aromatic rings. The maximum atomic E-state index is 5.16. The van der Waals surface area contributed by atoms with Gasteiger partial charge in [-0.3, -0.25) is 0 Å². The molecule has 7 heteroatoms. The Labute approximate surface area is 74.2 Å². The van der Waals surface area contributed by atoms with Gasteiger partial charge in [-0.25, -0.2) is 4.98 Å². The predicted octanol–water partition coefficient (Wildman–Crippen LogP) is -0.554. The number of anilines is 2. The van der Waals surface area contributed by atoms with E-state index in [4.69, 9.17) is 11.5 Å². The first-order chi connectivity index (χ1) is 6.29. The summed E-state index contributed by atoms with van der Waals surface area (Å²) >= 11 is 0. The minimum absolute atomic E-state index is 0.289. The predicted molar refractivity (Wildman–Crippen MR) is 47.2 cm³/mol. The highest BCUT2D eigenvalue weighted by Crippen LogP contribution is 1.95. The molecule has 13 heavy (non-hydrogen) atoms. The van der Waals surface area contributed by atoms with E-state index in [0.717, 1.165) is 0 Å². The summed E-state index contributed by atoms with van der Waals surface area (Å²) in [4.78, 5) is 6.42. The van der Waals surface area contributed by atoms with Crippen molar-refractivity contribution in [3.8, 4) is 0 Å². The molecule has 0 aliphatic heterocycles. The molecule has 68 valence electrons. The van der Waals surface area contributed by atoms with Crippen molar-refractivity contribution < 1.29 is 0 Å². The Balaban J connectivity index is 0.000000145. The fraction of sp³-hybridized carbons (Fsp3) is 0. The SMILES string of the molecule is Nc1cc(N)nnn1.c1c[nH]cn1. The zero-order valence-corrected chi connectivity index (χ0v) is 6.75. The van der Waals surface area contributed by atoms with Gasteiger partial charge in [0, 0.05) is 18.5 Å². The molecule has 0 unspecified atom stereocenters. The highest BCUT2D eigenvalue weighted by molar-refractivity contribution is 5.37. The number of nitrogens with one attached hydrogen (secondary N) is 1. The Hall–Kier alpha value is -2.18. The molecule has 0 aromatic carbocycles. The van der Waals surface area contributed by atoms with Gasteiger partial charge in [-0.1, -0.05) is 0 Å². The van der Waals surface area contributed by atoms with Crippen molar-refractivity contribution >= 4 is 11.6 Å². The van der Waals surface area contributed by atoms with Gasteiger partial charge in [-0.05, 0) is 5.21 Å². The van der Waals surface area contributed by atoms with E-state index in [0.29, 0.717) is 0 Å². The van der Waals surface area contributed by atoms with Crippen LogP contribution in [0.15, 0.2) is 24.8 Å². The van der Waals surface area contributed by atoms with Crippen molar-refractivity contribution in [1.29, 1.82) is 0 Å². The fourth-order valence-electron chi connectivity index (χ4n) is 0.550. The van der Waals surface area contributed by atoms with Crippen LogP contribution in [0.3, 0.4) is 0 Å². The monoisotopic (exact) mass is 179 g/mol. The molecule has 2 aromatic heterocycles. The Morgan fingerprint density at radius 1 is 1.15 bits per heavy atom. The molecule has 0 atom stereocenters. The third kappa shape index (κ3) is 3.65. The second kappa shape index (κ2) is 4.65. The van der Waals surface area contributed by atoms with Crippen molar-refractivity contribution in [3.05, 3.63) is 24.8 Å². The molecule has 0 fully saturated rings. The molecule has 2 heterocycles. The van der Waals surface area contributed by atoms with Crippen LogP contribution in [-0.4, -0.2) is 25.4 Å². The average Bonchev–Trinajstić information content (AvgIpc) is 2.59. The molecule has 5 N–H and O–H groups in total. The number of aromatic nitrogens is 5. The molecular formula is C6H9N7. The highest BCUT2D eigenvalue weighted by Gasteiger charge is 1.86. The van der Waals surface area contributed by atoms with Gasteiger partial charge in [0.25, 0.3) is 0 Å². The Kier molecular flexibility index (Phi) is 3.19. The summed E-state index contributed by atoms with van der Waals surface area (Å²) in [5, 5.41) is 9.99. The number of aromatic amines is 1. The van der Waals surface area contributed by atoms with Crippen LogP contribution in [0.4, 0.5) is 11.6 Å². The summed E-state index contributed by atoms with van der Waals surface area (Å²) < 4.78 is 0. The van der Waals surface area contributed by atoms with Crippen LogP contribution < -0.4 is 11.5 Å². The summed E-state index contributed by atoms with van der Waals surface area (Å²) in [5.41, 5.74) is 10.3. The largest absolute Gasteiger partial charge is 0.382 e. The summed E-state index contributed by atoms with van der Waals surface area (Å²) in [7, 11) is 0. The van der Waals surface area contributed by atoms with Crippen LogP contribution in [0.2, 0.25) is 0 Å². The molecule has 0 radical (unpaired) electrons. The Bertz CT molecular complexity index is 296. The lowest BCUT2D eigenvalue weighted by Gasteiger charge is -1.87. The lowest BCUT2D eigenvalue weighted by molar-refractivity contribution is 0.881. The fourth-order valence-corrected chi connectivity index (χ4v) is 0.550. The molecular weight excluding hydrogens is 170 g/mol. The zero-order valence-electron chi connectivity index (χ0n) is 6.75. The number of nitrogens with two attached hydrogens (primary N) is 2. The molecule has 0 aliphatic carbocycles. The van der Waals surface area contributed by atoms with Gasteiger partial charge in [0.1, 0.15) is 0 Å². The van der Waals surface area contributed by atoms with E-state index in [9.17, 15) is 0 Å². The Morgan fingerprint density at radius 2 is 1.85 bits per heavy atom. The second-order valence-electron chi connectivity index (χ2n) is 2.04. The standard InChI is InChI=1S/C3H5N5.C3H4N2/c4-2-1-3(5)7-8-6-2;1-2-5-3-4-1/h1H,(H4,4,5,6,7);1-3H,(H,4,5). The molecule has 0 bridgehead atoms. The molecule has 7 nitrogen and oxygen atoms in total. The molecule has 0 amide bonds. The summed E-state index contributed by atoms with van der Waals surface area (Å²) in [5.74, 6) is 0.579. The number of hydrogen-bond donors (Lipinski definition) is 3. The smallest absolute Gasteiger partial charge is 0.151 e. The van der Waals surface area contributed by atoms with Gasteiger partial charge >= 0.3 is 0 Å². The first-order valence-corrected chi connectivity index (χ1v) is 3.43. The van der Waals surface area contributed by atoms with Crippen LogP contribution >= 0.6 is 0 Å². The molecule has 2 rings (SSSR count). The first kappa shape index (κ1) is 8.91.